The molecule has 0 radical (unpaired) electrons. The van der Waals surface area contributed by atoms with Crippen molar-refractivity contribution in [2.75, 3.05) is 18.5 Å². The van der Waals surface area contributed by atoms with Gasteiger partial charge in [0.2, 0.25) is 0 Å². The van der Waals surface area contributed by atoms with E-state index in [9.17, 15) is 9.59 Å². The third kappa shape index (κ3) is 5.58. The summed E-state index contributed by atoms with van der Waals surface area (Å²) in [6.07, 6.45) is 0.785. The number of nitrogens with one attached hydrogen (secondary N) is 1. The normalized spacial score (nSPS) is 10.7. The number of carbonyl (C=O) groups is 2. The van der Waals surface area contributed by atoms with Crippen LogP contribution in [-0.2, 0) is 16.0 Å². The minimum absolute atomic E-state index is 0.159. The second-order valence-electron chi connectivity index (χ2n) is 7.32. The van der Waals surface area contributed by atoms with E-state index >= 15 is 0 Å². The molecule has 3 rings (SSSR count). The Kier molecular flexibility index (Phi) is 8.10. The van der Waals surface area contributed by atoms with Crippen LogP contribution in [0.3, 0.4) is 0 Å². The van der Waals surface area contributed by atoms with Crippen molar-refractivity contribution in [1.29, 1.82) is 0 Å². The van der Waals surface area contributed by atoms with Crippen LogP contribution in [0.2, 0.25) is 0 Å². The van der Waals surface area contributed by atoms with Crippen molar-refractivity contribution in [2.24, 2.45) is 0 Å². The summed E-state index contributed by atoms with van der Waals surface area (Å²) in [5.41, 5.74) is 5.33. The zero-order valence-corrected chi connectivity index (χ0v) is 21.0. The van der Waals surface area contributed by atoms with Gasteiger partial charge in [-0.15, -0.1) is 11.3 Å². The first kappa shape index (κ1) is 24.0. The summed E-state index contributed by atoms with van der Waals surface area (Å²) in [7, 11) is 0. The highest BCUT2D eigenvalue weighted by Crippen LogP contribution is 2.37. The lowest BCUT2D eigenvalue weighted by molar-refractivity contribution is -0.118. The fourth-order valence-corrected chi connectivity index (χ4v) is 4.63. The number of thiophene rings is 1. The van der Waals surface area contributed by atoms with E-state index < -0.39 is 5.97 Å². The van der Waals surface area contributed by atoms with Gasteiger partial charge in [-0.3, -0.25) is 4.79 Å². The van der Waals surface area contributed by atoms with Crippen LogP contribution in [0, 0.1) is 13.8 Å². The van der Waals surface area contributed by atoms with Crippen molar-refractivity contribution in [3.8, 4) is 16.9 Å². The molecule has 32 heavy (non-hydrogen) atoms. The quantitative estimate of drug-likeness (QED) is 0.345. The van der Waals surface area contributed by atoms with Gasteiger partial charge >= 0.3 is 5.97 Å². The molecule has 0 unspecified atom stereocenters. The Balaban J connectivity index is 1.82. The number of benzene rings is 2. The van der Waals surface area contributed by atoms with Gasteiger partial charge in [0.05, 0.1) is 6.61 Å². The number of rotatable bonds is 8. The number of esters is 1. The van der Waals surface area contributed by atoms with Crippen LogP contribution in [0.1, 0.15) is 40.9 Å². The Labute approximate surface area is 200 Å². The zero-order valence-electron chi connectivity index (χ0n) is 18.6. The molecule has 0 saturated heterocycles. The molecule has 0 saturated carbocycles. The summed E-state index contributed by atoms with van der Waals surface area (Å²) in [4.78, 5) is 25.4. The minimum Gasteiger partial charge on any atom is -0.483 e. The van der Waals surface area contributed by atoms with Gasteiger partial charge in [-0.1, -0.05) is 41.1 Å². The lowest BCUT2D eigenvalue weighted by Crippen LogP contribution is -2.21. The lowest BCUT2D eigenvalue weighted by Gasteiger charge is -2.12. The van der Waals surface area contributed by atoms with Crippen LogP contribution in [-0.4, -0.2) is 25.1 Å². The molecule has 1 amide bonds. The second kappa shape index (κ2) is 10.8. The Hall–Kier alpha value is -2.64. The first-order valence-corrected chi connectivity index (χ1v) is 12.1. The summed E-state index contributed by atoms with van der Waals surface area (Å²) in [5.74, 6) is -0.133. The molecule has 0 spiro atoms. The van der Waals surface area contributed by atoms with Gasteiger partial charge in [0.15, 0.2) is 6.61 Å². The lowest BCUT2D eigenvalue weighted by atomic mass is 9.99. The number of carbonyl (C=O) groups excluding carboxylic acids is 2. The standard InChI is InChI=1S/C25H26BrNO4S/c1-5-17-12-19(26)9-10-21(17)31-13-22(28)27-24-23(25(29)30-6-2)20(14-32-24)18-8-7-15(3)16(4)11-18/h7-12,14H,5-6,13H2,1-4H3,(H,27,28). The maximum Gasteiger partial charge on any atom is 0.341 e. The number of anilines is 1. The van der Waals surface area contributed by atoms with E-state index in [1.54, 1.807) is 6.92 Å². The van der Waals surface area contributed by atoms with Gasteiger partial charge in [0.1, 0.15) is 16.3 Å². The first-order valence-electron chi connectivity index (χ1n) is 10.4. The maximum atomic E-state index is 12.7. The van der Waals surface area contributed by atoms with Crippen molar-refractivity contribution in [3.05, 3.63) is 68.5 Å². The van der Waals surface area contributed by atoms with Gasteiger partial charge in [-0.05, 0) is 67.6 Å². The van der Waals surface area contributed by atoms with Crippen LogP contribution in [0.25, 0.3) is 11.1 Å². The van der Waals surface area contributed by atoms with Gasteiger partial charge in [0.25, 0.3) is 5.91 Å². The fraction of sp³-hybridized carbons (Fsp3) is 0.280. The maximum absolute atomic E-state index is 12.7. The Morgan fingerprint density at radius 1 is 1.06 bits per heavy atom. The average molecular weight is 516 g/mol. The van der Waals surface area contributed by atoms with E-state index in [2.05, 4.69) is 21.2 Å². The smallest absolute Gasteiger partial charge is 0.341 e. The van der Waals surface area contributed by atoms with Crippen molar-refractivity contribution in [3.63, 3.8) is 0 Å². The van der Waals surface area contributed by atoms with Crippen LogP contribution < -0.4 is 10.1 Å². The van der Waals surface area contributed by atoms with Crippen molar-refractivity contribution in [1.82, 2.24) is 0 Å². The van der Waals surface area contributed by atoms with Gasteiger partial charge in [-0.25, -0.2) is 4.79 Å². The molecule has 7 heteroatoms. The van der Waals surface area contributed by atoms with Crippen molar-refractivity contribution < 1.29 is 19.1 Å². The average Bonchev–Trinajstić information content (AvgIpc) is 3.18. The van der Waals surface area contributed by atoms with E-state index in [1.165, 1.54) is 16.9 Å². The van der Waals surface area contributed by atoms with E-state index in [0.29, 0.717) is 16.3 Å². The molecule has 0 bridgehead atoms. The molecule has 1 heterocycles. The molecule has 0 fully saturated rings. The number of halogens is 1. The number of hydrogen-bond acceptors (Lipinski definition) is 5. The first-order chi connectivity index (χ1) is 15.3. The molecule has 0 atom stereocenters. The second-order valence-corrected chi connectivity index (χ2v) is 9.11. The Bertz CT molecular complexity index is 1140. The highest BCUT2D eigenvalue weighted by Gasteiger charge is 2.23. The third-order valence-electron chi connectivity index (χ3n) is 5.10. The number of ether oxygens (including phenoxy) is 2. The summed E-state index contributed by atoms with van der Waals surface area (Å²) >= 11 is 4.75. The van der Waals surface area contributed by atoms with E-state index in [1.807, 2.05) is 62.5 Å². The SMILES string of the molecule is CCOC(=O)c1c(-c2ccc(C)c(C)c2)csc1NC(=O)COc1ccc(Br)cc1CC. The molecule has 0 aliphatic heterocycles. The topological polar surface area (TPSA) is 64.6 Å². The summed E-state index contributed by atoms with van der Waals surface area (Å²) in [6.45, 7) is 7.95. The highest BCUT2D eigenvalue weighted by molar-refractivity contribution is 9.10. The van der Waals surface area contributed by atoms with Gasteiger partial charge in [0, 0.05) is 15.4 Å². The molecule has 168 valence electrons. The number of amides is 1. The van der Waals surface area contributed by atoms with Crippen molar-refractivity contribution in [2.45, 2.75) is 34.1 Å². The zero-order chi connectivity index (χ0) is 23.3. The van der Waals surface area contributed by atoms with Crippen molar-refractivity contribution >= 4 is 44.1 Å². The van der Waals surface area contributed by atoms with Gasteiger partial charge in [-0.2, -0.15) is 0 Å². The van der Waals surface area contributed by atoms with E-state index in [-0.39, 0.29) is 19.1 Å². The van der Waals surface area contributed by atoms with E-state index in [4.69, 9.17) is 9.47 Å². The largest absolute Gasteiger partial charge is 0.483 e. The van der Waals surface area contributed by atoms with Crippen LogP contribution in [0.5, 0.6) is 5.75 Å². The summed E-state index contributed by atoms with van der Waals surface area (Å²) in [6, 6.07) is 11.7. The molecule has 0 aliphatic carbocycles. The molecule has 3 aromatic rings. The summed E-state index contributed by atoms with van der Waals surface area (Å²) < 4.78 is 12.0. The molecule has 2 aromatic carbocycles. The molecule has 0 aliphatic rings. The Morgan fingerprint density at radius 3 is 2.53 bits per heavy atom. The summed E-state index contributed by atoms with van der Waals surface area (Å²) in [5, 5.41) is 5.16. The number of hydrogen-bond donors (Lipinski definition) is 1. The predicted molar refractivity (Wildman–Crippen MR) is 133 cm³/mol. The fourth-order valence-electron chi connectivity index (χ4n) is 3.25. The van der Waals surface area contributed by atoms with Crippen LogP contribution in [0.15, 0.2) is 46.3 Å². The van der Waals surface area contributed by atoms with E-state index in [0.717, 1.165) is 33.1 Å². The monoisotopic (exact) mass is 515 g/mol. The van der Waals surface area contributed by atoms with Crippen LogP contribution >= 0.6 is 27.3 Å². The molecule has 1 aromatic heterocycles. The molecular formula is C25H26BrNO4S. The number of aryl methyl sites for hydroxylation is 3. The third-order valence-corrected chi connectivity index (χ3v) is 6.49. The Morgan fingerprint density at radius 2 is 1.84 bits per heavy atom. The molecular weight excluding hydrogens is 490 g/mol. The molecule has 1 N–H and O–H groups in total. The minimum atomic E-state index is -0.459. The van der Waals surface area contributed by atoms with Gasteiger partial charge < -0.3 is 14.8 Å². The highest BCUT2D eigenvalue weighted by atomic mass is 79.9. The predicted octanol–water partition coefficient (Wildman–Crippen LogP) is 6.55. The van der Waals surface area contributed by atoms with Crippen LogP contribution in [0.4, 0.5) is 5.00 Å². The molecule has 5 nitrogen and oxygen atoms in total.